The van der Waals surface area contributed by atoms with Gasteiger partial charge in [-0.2, -0.15) is 17.5 Å². The van der Waals surface area contributed by atoms with Gasteiger partial charge >= 0.3 is 6.18 Å². The van der Waals surface area contributed by atoms with Crippen molar-refractivity contribution in [2.24, 2.45) is 0 Å². The zero-order chi connectivity index (χ0) is 20.2. The van der Waals surface area contributed by atoms with Crippen LogP contribution in [0, 0.1) is 0 Å². The van der Waals surface area contributed by atoms with E-state index in [1.807, 2.05) is 0 Å². The number of halogens is 3. The monoisotopic (exact) mass is 402 g/mol. The summed E-state index contributed by atoms with van der Waals surface area (Å²) in [4.78, 5) is 11.9. The van der Waals surface area contributed by atoms with Crippen molar-refractivity contribution in [3.63, 3.8) is 0 Å². The van der Waals surface area contributed by atoms with Crippen molar-refractivity contribution in [3.05, 3.63) is 59.6 Å². The zero-order valence-electron chi connectivity index (χ0n) is 14.4. The Morgan fingerprint density at radius 1 is 1.26 bits per heavy atom. The van der Waals surface area contributed by atoms with Crippen LogP contribution in [0.1, 0.15) is 17.1 Å². The highest BCUT2D eigenvalue weighted by atomic mass is 32.2. The molecule has 0 saturated carbocycles. The number of sulfonamides is 1. The molecule has 0 aliphatic heterocycles. The van der Waals surface area contributed by atoms with Gasteiger partial charge < -0.3 is 9.73 Å². The molecule has 0 radical (unpaired) electrons. The Labute approximate surface area is 154 Å². The minimum Gasteiger partial charge on any atom is -0.460 e. The fourth-order valence-corrected chi connectivity index (χ4v) is 2.38. The normalized spacial score (nSPS) is 12.7. The Kier molecular flexibility index (Phi) is 6.11. The Morgan fingerprint density at radius 2 is 1.96 bits per heavy atom. The minimum atomic E-state index is -4.50. The van der Waals surface area contributed by atoms with Gasteiger partial charge in [-0.05, 0) is 36.4 Å². The first-order chi connectivity index (χ1) is 12.4. The van der Waals surface area contributed by atoms with Gasteiger partial charge in [-0.3, -0.25) is 4.79 Å². The van der Waals surface area contributed by atoms with Crippen LogP contribution in [0.15, 0.2) is 46.9 Å². The first kappa shape index (κ1) is 20.7. The lowest BCUT2D eigenvalue weighted by Gasteiger charge is -2.11. The van der Waals surface area contributed by atoms with Crippen LogP contribution in [0.2, 0.25) is 0 Å². The van der Waals surface area contributed by atoms with Crippen LogP contribution in [0.4, 0.5) is 18.9 Å². The van der Waals surface area contributed by atoms with Crippen LogP contribution in [0.3, 0.4) is 0 Å². The van der Waals surface area contributed by atoms with E-state index < -0.39 is 27.7 Å². The number of nitrogens with zero attached hydrogens (tertiary/aromatic N) is 1. The van der Waals surface area contributed by atoms with Gasteiger partial charge in [-0.1, -0.05) is 6.07 Å². The molecule has 1 amide bonds. The Balaban J connectivity index is 1.99. The number of hydrogen-bond donors (Lipinski definition) is 1. The second-order valence-electron chi connectivity index (χ2n) is 5.72. The second-order valence-corrected chi connectivity index (χ2v) is 7.81. The fraction of sp³-hybridized carbons (Fsp3) is 0.235. The number of benzene rings is 1. The molecule has 0 atom stereocenters. The molecule has 0 saturated heterocycles. The smallest absolute Gasteiger partial charge is 0.416 e. The lowest BCUT2D eigenvalue weighted by molar-refractivity contribution is -0.137. The number of hydrogen-bond acceptors (Lipinski definition) is 4. The molecule has 0 spiro atoms. The summed E-state index contributed by atoms with van der Waals surface area (Å²) in [6.45, 7) is 0.0309. The first-order valence-electron chi connectivity index (χ1n) is 7.61. The quantitative estimate of drug-likeness (QED) is 0.752. The number of carbonyl (C=O) groups is 1. The van der Waals surface area contributed by atoms with Gasteiger partial charge in [-0.15, -0.1) is 0 Å². The van der Waals surface area contributed by atoms with Crippen molar-refractivity contribution in [2.75, 3.05) is 18.6 Å². The topological polar surface area (TPSA) is 79.6 Å². The van der Waals surface area contributed by atoms with E-state index in [1.165, 1.54) is 25.3 Å². The largest absolute Gasteiger partial charge is 0.460 e. The SMILES string of the molecule is CN(Cc1ccc(/C=C/C(=O)Nc2cccc(C(F)(F)F)c2)o1)S(C)(=O)=O. The first-order valence-corrected chi connectivity index (χ1v) is 9.46. The molecule has 2 rings (SSSR count). The van der Waals surface area contributed by atoms with Crippen LogP contribution in [-0.4, -0.2) is 31.9 Å². The summed E-state index contributed by atoms with van der Waals surface area (Å²) in [7, 11) is -1.96. The van der Waals surface area contributed by atoms with Crippen LogP contribution in [0.25, 0.3) is 6.08 Å². The average Bonchev–Trinajstić information content (AvgIpc) is 2.99. The number of amides is 1. The minimum absolute atomic E-state index is 0.00869. The van der Waals surface area contributed by atoms with Gasteiger partial charge in [0.25, 0.3) is 0 Å². The molecule has 6 nitrogen and oxygen atoms in total. The standard InChI is InChI=1S/C17H17F3N2O4S/c1-22(27(2,24)25)11-15-7-6-14(26-15)8-9-16(23)21-13-5-3-4-12(10-13)17(18,19)20/h3-10H,11H2,1-2H3,(H,21,23)/b9-8+. The zero-order valence-corrected chi connectivity index (χ0v) is 15.3. The molecule has 1 heterocycles. The maximum atomic E-state index is 12.7. The van der Waals surface area contributed by atoms with Gasteiger partial charge in [0, 0.05) is 18.8 Å². The molecule has 0 bridgehead atoms. The van der Waals surface area contributed by atoms with Crippen LogP contribution in [-0.2, 0) is 27.5 Å². The Hall–Kier alpha value is -2.59. The summed E-state index contributed by atoms with van der Waals surface area (Å²) in [5.41, 5.74) is -0.857. The molecular weight excluding hydrogens is 385 g/mol. The second kappa shape index (κ2) is 7.97. The number of nitrogens with one attached hydrogen (secondary N) is 1. The van der Waals surface area contributed by atoms with E-state index in [9.17, 15) is 26.4 Å². The highest BCUT2D eigenvalue weighted by Gasteiger charge is 2.30. The van der Waals surface area contributed by atoms with E-state index in [4.69, 9.17) is 4.42 Å². The lowest BCUT2D eigenvalue weighted by atomic mass is 10.2. The third-order valence-electron chi connectivity index (χ3n) is 3.48. The average molecular weight is 402 g/mol. The van der Waals surface area contributed by atoms with Crippen LogP contribution in [0.5, 0.6) is 0 Å². The predicted octanol–water partition coefficient (Wildman–Crippen LogP) is 3.34. The molecule has 1 aromatic carbocycles. The van der Waals surface area contributed by atoms with Crippen LogP contribution < -0.4 is 5.32 Å². The van der Waals surface area contributed by atoms with E-state index in [2.05, 4.69) is 5.32 Å². The molecule has 10 heteroatoms. The summed E-state index contributed by atoms with van der Waals surface area (Å²) in [6.07, 6.45) is -1.01. The molecule has 27 heavy (non-hydrogen) atoms. The van der Waals surface area contributed by atoms with Crippen molar-refractivity contribution in [2.45, 2.75) is 12.7 Å². The van der Waals surface area contributed by atoms with Crippen LogP contribution >= 0.6 is 0 Å². The summed E-state index contributed by atoms with van der Waals surface area (Å²) in [5, 5.41) is 2.33. The van der Waals surface area contributed by atoms with Crippen molar-refractivity contribution < 1.29 is 30.8 Å². The van der Waals surface area contributed by atoms with E-state index in [1.54, 1.807) is 12.1 Å². The third-order valence-corrected chi connectivity index (χ3v) is 4.74. The summed E-state index contributed by atoms with van der Waals surface area (Å²) < 4.78 is 67.2. The van der Waals surface area contributed by atoms with E-state index >= 15 is 0 Å². The van der Waals surface area contributed by atoms with Gasteiger partial charge in [-0.25, -0.2) is 8.42 Å². The third kappa shape index (κ3) is 6.26. The summed E-state index contributed by atoms with van der Waals surface area (Å²) >= 11 is 0. The van der Waals surface area contributed by atoms with Gasteiger partial charge in [0.15, 0.2) is 0 Å². The van der Waals surface area contributed by atoms with Gasteiger partial charge in [0.2, 0.25) is 15.9 Å². The molecule has 146 valence electrons. The fourth-order valence-electron chi connectivity index (χ4n) is 2.02. The molecule has 0 unspecified atom stereocenters. The summed E-state index contributed by atoms with van der Waals surface area (Å²) in [6, 6.07) is 7.37. The molecule has 1 aromatic heterocycles. The van der Waals surface area contributed by atoms with Crippen molar-refractivity contribution >= 4 is 27.7 Å². The van der Waals surface area contributed by atoms with E-state index in [0.29, 0.717) is 11.5 Å². The lowest BCUT2D eigenvalue weighted by Crippen LogP contribution is -2.24. The van der Waals surface area contributed by atoms with Gasteiger partial charge in [0.1, 0.15) is 11.5 Å². The summed E-state index contributed by atoms with van der Waals surface area (Å²) in [5.74, 6) is 0.0347. The molecule has 0 fully saturated rings. The molecule has 2 aromatic rings. The van der Waals surface area contributed by atoms with Crippen molar-refractivity contribution in [3.8, 4) is 0 Å². The molecule has 1 N–H and O–H groups in total. The maximum absolute atomic E-state index is 12.7. The number of carbonyl (C=O) groups excluding carboxylic acids is 1. The van der Waals surface area contributed by atoms with Gasteiger partial charge in [0.05, 0.1) is 18.4 Å². The number of anilines is 1. The maximum Gasteiger partial charge on any atom is 0.416 e. The molecule has 0 aliphatic rings. The Morgan fingerprint density at radius 3 is 2.59 bits per heavy atom. The Bertz CT molecular complexity index is 949. The highest BCUT2D eigenvalue weighted by molar-refractivity contribution is 7.88. The predicted molar refractivity (Wildman–Crippen MR) is 94.1 cm³/mol. The van der Waals surface area contributed by atoms with E-state index in [0.717, 1.165) is 28.8 Å². The van der Waals surface area contributed by atoms with E-state index in [-0.39, 0.29) is 12.2 Å². The van der Waals surface area contributed by atoms with Crippen molar-refractivity contribution in [1.29, 1.82) is 0 Å². The highest BCUT2D eigenvalue weighted by Crippen LogP contribution is 2.30. The number of rotatable bonds is 6. The van der Waals surface area contributed by atoms with Crippen molar-refractivity contribution in [1.82, 2.24) is 4.31 Å². The molecular formula is C17H17F3N2O4S. The number of furan rings is 1. The number of alkyl halides is 3. The molecule has 0 aliphatic carbocycles.